The molecule has 12 heavy (non-hydrogen) atoms. The largest absolute Gasteiger partial charge is 0.396 e. The predicted molar refractivity (Wildman–Crippen MR) is 48.8 cm³/mol. The van der Waals surface area contributed by atoms with E-state index in [1.807, 2.05) is 6.92 Å². The van der Waals surface area contributed by atoms with Gasteiger partial charge < -0.3 is 10.2 Å². The van der Waals surface area contributed by atoms with E-state index in [-0.39, 0.29) is 18.6 Å². The molecule has 2 heteroatoms. The Morgan fingerprint density at radius 2 is 2.08 bits per heavy atom. The molecule has 0 bridgehead atoms. The number of aliphatic hydroxyl groups is 2. The highest BCUT2D eigenvalue weighted by molar-refractivity contribution is 4.80. The third kappa shape index (κ3) is 2.20. The average Bonchev–Trinajstić information content (AvgIpc) is 2.03. The van der Waals surface area contributed by atoms with Crippen LogP contribution in [0, 0.1) is 17.8 Å². The predicted octanol–water partition coefficient (Wildman–Crippen LogP) is 1.41. The van der Waals surface area contributed by atoms with Crippen molar-refractivity contribution in [2.24, 2.45) is 17.8 Å². The number of hydrogen-bond acceptors (Lipinski definition) is 2. The molecule has 2 N–H and O–H groups in total. The van der Waals surface area contributed by atoms with Crippen molar-refractivity contribution >= 4 is 0 Å². The Labute approximate surface area is 74.6 Å². The molecule has 0 aromatic rings. The van der Waals surface area contributed by atoms with Gasteiger partial charge in [0.15, 0.2) is 0 Å². The maximum absolute atomic E-state index is 9.73. The Bertz CT molecular complexity index is 136. The highest BCUT2D eigenvalue weighted by Gasteiger charge is 2.30. The van der Waals surface area contributed by atoms with Crippen LogP contribution in [0.4, 0.5) is 0 Å². The van der Waals surface area contributed by atoms with Gasteiger partial charge in [-0.25, -0.2) is 0 Å². The first kappa shape index (κ1) is 10.0. The fraction of sp³-hybridized carbons (Fsp3) is 1.00. The van der Waals surface area contributed by atoms with E-state index in [0.29, 0.717) is 11.8 Å². The first-order valence-electron chi connectivity index (χ1n) is 4.94. The van der Waals surface area contributed by atoms with Gasteiger partial charge in [-0.05, 0) is 30.6 Å². The van der Waals surface area contributed by atoms with Crippen LogP contribution < -0.4 is 0 Å². The van der Waals surface area contributed by atoms with Gasteiger partial charge in [0.05, 0.1) is 6.10 Å². The molecule has 2 nitrogen and oxygen atoms in total. The highest BCUT2D eigenvalue weighted by Crippen LogP contribution is 2.33. The lowest BCUT2D eigenvalue weighted by Crippen LogP contribution is -2.34. The Morgan fingerprint density at radius 3 is 2.58 bits per heavy atom. The van der Waals surface area contributed by atoms with Crippen LogP contribution in [-0.2, 0) is 0 Å². The van der Waals surface area contributed by atoms with E-state index in [1.54, 1.807) is 0 Å². The van der Waals surface area contributed by atoms with Crippen molar-refractivity contribution in [3.05, 3.63) is 0 Å². The molecule has 1 saturated carbocycles. The Kier molecular flexibility index (Phi) is 3.53. The molecule has 1 fully saturated rings. The molecule has 0 aliphatic heterocycles. The smallest absolute Gasteiger partial charge is 0.0574 e. The molecule has 0 unspecified atom stereocenters. The summed E-state index contributed by atoms with van der Waals surface area (Å²) < 4.78 is 0. The van der Waals surface area contributed by atoms with Crippen molar-refractivity contribution in [1.29, 1.82) is 0 Å². The zero-order valence-corrected chi connectivity index (χ0v) is 8.03. The molecule has 0 saturated heterocycles. The summed E-state index contributed by atoms with van der Waals surface area (Å²) in [5.41, 5.74) is 0. The van der Waals surface area contributed by atoms with Crippen molar-refractivity contribution < 1.29 is 10.2 Å². The van der Waals surface area contributed by atoms with Gasteiger partial charge in [0.25, 0.3) is 0 Å². The summed E-state index contributed by atoms with van der Waals surface area (Å²) >= 11 is 0. The maximum Gasteiger partial charge on any atom is 0.0574 e. The van der Waals surface area contributed by atoms with E-state index in [4.69, 9.17) is 5.11 Å². The Morgan fingerprint density at radius 1 is 1.42 bits per heavy atom. The Hall–Kier alpha value is -0.0800. The first-order chi connectivity index (χ1) is 5.65. The topological polar surface area (TPSA) is 40.5 Å². The lowest BCUT2D eigenvalue weighted by molar-refractivity contribution is 0.00804. The molecule has 1 aliphatic carbocycles. The van der Waals surface area contributed by atoms with Crippen LogP contribution in [0.15, 0.2) is 0 Å². The summed E-state index contributed by atoms with van der Waals surface area (Å²) in [6.07, 6.45) is 3.00. The van der Waals surface area contributed by atoms with Gasteiger partial charge in [-0.1, -0.05) is 20.3 Å². The Balaban J connectivity index is 2.44. The van der Waals surface area contributed by atoms with Gasteiger partial charge >= 0.3 is 0 Å². The zero-order valence-electron chi connectivity index (χ0n) is 8.03. The van der Waals surface area contributed by atoms with Crippen LogP contribution in [0.2, 0.25) is 0 Å². The molecule has 1 aliphatic rings. The molecule has 1 rings (SSSR count). The zero-order chi connectivity index (χ0) is 9.14. The minimum absolute atomic E-state index is 0.184. The average molecular weight is 172 g/mol. The molecular weight excluding hydrogens is 152 g/mol. The minimum atomic E-state index is -0.184. The van der Waals surface area contributed by atoms with E-state index >= 15 is 0 Å². The van der Waals surface area contributed by atoms with E-state index in [2.05, 4.69) is 6.92 Å². The van der Waals surface area contributed by atoms with Crippen LogP contribution in [0.1, 0.15) is 33.1 Å². The molecular formula is C10H20O2. The molecule has 0 aromatic carbocycles. The molecule has 4 atom stereocenters. The van der Waals surface area contributed by atoms with Gasteiger partial charge in [0.1, 0.15) is 0 Å². The van der Waals surface area contributed by atoms with Crippen molar-refractivity contribution in [3.63, 3.8) is 0 Å². The third-order valence-electron chi connectivity index (χ3n) is 3.15. The summed E-state index contributed by atoms with van der Waals surface area (Å²) in [5.74, 6) is 1.24. The molecule has 0 spiro atoms. The summed E-state index contributed by atoms with van der Waals surface area (Å²) in [6, 6.07) is 0. The van der Waals surface area contributed by atoms with Crippen LogP contribution >= 0.6 is 0 Å². The first-order valence-corrected chi connectivity index (χ1v) is 4.94. The van der Waals surface area contributed by atoms with Crippen LogP contribution in [0.5, 0.6) is 0 Å². The van der Waals surface area contributed by atoms with Crippen molar-refractivity contribution in [2.45, 2.75) is 39.2 Å². The van der Waals surface area contributed by atoms with Gasteiger partial charge in [-0.2, -0.15) is 0 Å². The summed E-state index contributed by atoms with van der Waals surface area (Å²) in [7, 11) is 0. The minimum Gasteiger partial charge on any atom is -0.396 e. The maximum atomic E-state index is 9.73. The molecule has 0 amide bonds. The van der Waals surface area contributed by atoms with E-state index in [1.165, 1.54) is 6.42 Å². The standard InChI is InChI=1S/C10H20O2/c1-7-3-4-9(8(2)6-11)10(12)5-7/h7-12H,3-6H2,1-2H3/t7-,8-,9+,10+/m0/s1. The second-order valence-electron chi connectivity index (χ2n) is 4.31. The van der Waals surface area contributed by atoms with E-state index in [0.717, 1.165) is 12.8 Å². The fourth-order valence-corrected chi connectivity index (χ4v) is 2.17. The van der Waals surface area contributed by atoms with Crippen molar-refractivity contribution in [1.82, 2.24) is 0 Å². The van der Waals surface area contributed by atoms with Gasteiger partial charge in [-0.15, -0.1) is 0 Å². The van der Waals surface area contributed by atoms with Crippen LogP contribution in [-0.4, -0.2) is 22.9 Å². The van der Waals surface area contributed by atoms with E-state index < -0.39 is 0 Å². The number of rotatable bonds is 2. The summed E-state index contributed by atoms with van der Waals surface area (Å²) in [6.45, 7) is 4.41. The molecule has 72 valence electrons. The van der Waals surface area contributed by atoms with E-state index in [9.17, 15) is 5.11 Å². The second-order valence-corrected chi connectivity index (χ2v) is 4.31. The van der Waals surface area contributed by atoms with Crippen molar-refractivity contribution in [3.8, 4) is 0 Å². The third-order valence-corrected chi connectivity index (χ3v) is 3.15. The SMILES string of the molecule is C[C@H]1CC[C@H]([C@@H](C)CO)[C@H](O)C1. The van der Waals surface area contributed by atoms with Crippen LogP contribution in [0.3, 0.4) is 0 Å². The monoisotopic (exact) mass is 172 g/mol. The molecule has 0 heterocycles. The second kappa shape index (κ2) is 4.24. The number of hydrogen-bond donors (Lipinski definition) is 2. The highest BCUT2D eigenvalue weighted by atomic mass is 16.3. The molecule has 0 radical (unpaired) electrons. The van der Waals surface area contributed by atoms with Gasteiger partial charge in [-0.3, -0.25) is 0 Å². The van der Waals surface area contributed by atoms with Gasteiger partial charge in [0.2, 0.25) is 0 Å². The lowest BCUT2D eigenvalue weighted by atomic mass is 9.75. The number of aliphatic hydroxyl groups excluding tert-OH is 2. The fourth-order valence-electron chi connectivity index (χ4n) is 2.17. The summed E-state index contributed by atoms with van der Waals surface area (Å²) in [4.78, 5) is 0. The van der Waals surface area contributed by atoms with Crippen LogP contribution in [0.25, 0.3) is 0 Å². The quantitative estimate of drug-likeness (QED) is 0.661. The molecule has 0 aromatic heterocycles. The normalized spacial score (nSPS) is 39.5. The van der Waals surface area contributed by atoms with Gasteiger partial charge in [0, 0.05) is 6.61 Å². The lowest BCUT2D eigenvalue weighted by Gasteiger charge is -2.34. The summed E-state index contributed by atoms with van der Waals surface area (Å²) in [5, 5.41) is 18.7. The van der Waals surface area contributed by atoms with Crippen molar-refractivity contribution in [2.75, 3.05) is 6.61 Å².